The topological polar surface area (TPSA) is 44.3 Å². The van der Waals surface area contributed by atoms with Gasteiger partial charge in [0.1, 0.15) is 0 Å². The van der Waals surface area contributed by atoms with Crippen molar-refractivity contribution in [3.05, 3.63) is 0 Å². The number of hydrogen-bond donors (Lipinski definition) is 3. The first-order valence-corrected chi connectivity index (χ1v) is 6.95. The molecule has 16 heavy (non-hydrogen) atoms. The molecule has 0 spiro atoms. The Balaban J connectivity index is 1.70. The maximum Gasteiger partial charge on any atom is 0.0474 e. The minimum absolute atomic E-state index is 0.352. The molecule has 0 radical (unpaired) electrons. The Labute approximate surface area is 99.0 Å². The van der Waals surface area contributed by atoms with Gasteiger partial charge in [-0.05, 0) is 50.6 Å². The highest BCUT2D eigenvalue weighted by Gasteiger charge is 2.24. The van der Waals surface area contributed by atoms with Crippen LogP contribution in [0.5, 0.6) is 0 Å². The van der Waals surface area contributed by atoms with Gasteiger partial charge in [-0.3, -0.25) is 0 Å². The van der Waals surface area contributed by atoms with Crippen molar-refractivity contribution < 1.29 is 5.11 Å². The summed E-state index contributed by atoms with van der Waals surface area (Å²) in [6, 6.07) is 0.732. The summed E-state index contributed by atoms with van der Waals surface area (Å²) in [5.74, 6) is 1.20. The lowest BCUT2D eigenvalue weighted by molar-refractivity contribution is 0.146. The van der Waals surface area contributed by atoms with Crippen LogP contribution < -0.4 is 10.6 Å². The Morgan fingerprint density at radius 2 is 1.81 bits per heavy atom. The first-order chi connectivity index (χ1) is 7.90. The van der Waals surface area contributed by atoms with Gasteiger partial charge in [0.15, 0.2) is 0 Å². The van der Waals surface area contributed by atoms with Crippen LogP contribution in [0, 0.1) is 11.8 Å². The molecule has 3 nitrogen and oxygen atoms in total. The highest BCUT2D eigenvalue weighted by molar-refractivity contribution is 4.80. The molecule has 0 aromatic carbocycles. The average Bonchev–Trinajstić information content (AvgIpc) is 2.84. The van der Waals surface area contributed by atoms with Crippen LogP contribution in [0.1, 0.15) is 38.5 Å². The summed E-state index contributed by atoms with van der Waals surface area (Å²) in [7, 11) is 0. The number of aliphatic hydroxyl groups excluding tert-OH is 1. The normalized spacial score (nSPS) is 26.1. The number of piperidine rings is 1. The fourth-order valence-corrected chi connectivity index (χ4v) is 3.14. The van der Waals surface area contributed by atoms with E-state index in [0.717, 1.165) is 31.6 Å². The Morgan fingerprint density at radius 1 is 1.12 bits per heavy atom. The fourth-order valence-electron chi connectivity index (χ4n) is 3.14. The van der Waals surface area contributed by atoms with E-state index in [2.05, 4.69) is 10.6 Å². The third kappa shape index (κ3) is 3.44. The fraction of sp³-hybridized carbons (Fsp3) is 1.00. The van der Waals surface area contributed by atoms with Crippen LogP contribution in [0.4, 0.5) is 0 Å². The zero-order valence-corrected chi connectivity index (χ0v) is 10.3. The maximum absolute atomic E-state index is 9.49. The zero-order chi connectivity index (χ0) is 11.2. The van der Waals surface area contributed by atoms with Crippen molar-refractivity contribution in [2.75, 3.05) is 26.2 Å². The minimum Gasteiger partial charge on any atom is -0.396 e. The SMILES string of the molecule is OCC(CNC1CCCC1)C1CCNCC1. The summed E-state index contributed by atoms with van der Waals surface area (Å²) in [6.45, 7) is 3.63. The molecule has 2 aliphatic rings. The Bertz CT molecular complexity index is 186. The van der Waals surface area contributed by atoms with E-state index in [0.29, 0.717) is 12.5 Å². The van der Waals surface area contributed by atoms with E-state index < -0.39 is 0 Å². The molecule has 1 unspecified atom stereocenters. The van der Waals surface area contributed by atoms with Gasteiger partial charge < -0.3 is 15.7 Å². The molecule has 0 bridgehead atoms. The molecule has 1 saturated carbocycles. The van der Waals surface area contributed by atoms with Crippen molar-refractivity contribution in [2.24, 2.45) is 11.8 Å². The molecule has 0 amide bonds. The van der Waals surface area contributed by atoms with E-state index in [9.17, 15) is 5.11 Å². The molecular weight excluding hydrogens is 200 g/mol. The summed E-state index contributed by atoms with van der Waals surface area (Å²) in [5.41, 5.74) is 0. The van der Waals surface area contributed by atoms with E-state index in [-0.39, 0.29) is 0 Å². The molecule has 3 N–H and O–H groups in total. The smallest absolute Gasteiger partial charge is 0.0474 e. The quantitative estimate of drug-likeness (QED) is 0.658. The van der Waals surface area contributed by atoms with Crippen LogP contribution in [-0.2, 0) is 0 Å². The lowest BCUT2D eigenvalue weighted by Crippen LogP contribution is -2.39. The molecule has 1 aliphatic carbocycles. The summed E-state index contributed by atoms with van der Waals surface area (Å²) in [4.78, 5) is 0. The van der Waals surface area contributed by atoms with Crippen molar-refractivity contribution in [1.82, 2.24) is 10.6 Å². The first-order valence-electron chi connectivity index (χ1n) is 6.95. The number of rotatable bonds is 5. The van der Waals surface area contributed by atoms with Gasteiger partial charge in [-0.2, -0.15) is 0 Å². The first kappa shape index (κ1) is 12.3. The second-order valence-electron chi connectivity index (χ2n) is 5.42. The second-order valence-corrected chi connectivity index (χ2v) is 5.42. The minimum atomic E-state index is 0.352. The van der Waals surface area contributed by atoms with Crippen molar-refractivity contribution >= 4 is 0 Å². The molecule has 2 fully saturated rings. The predicted octanol–water partition coefficient (Wildman–Crippen LogP) is 1.13. The molecule has 0 aromatic heterocycles. The van der Waals surface area contributed by atoms with Gasteiger partial charge >= 0.3 is 0 Å². The van der Waals surface area contributed by atoms with Gasteiger partial charge in [-0.15, -0.1) is 0 Å². The van der Waals surface area contributed by atoms with Crippen molar-refractivity contribution in [1.29, 1.82) is 0 Å². The largest absolute Gasteiger partial charge is 0.396 e. The molecule has 94 valence electrons. The Hall–Kier alpha value is -0.120. The van der Waals surface area contributed by atoms with Gasteiger partial charge in [-0.1, -0.05) is 12.8 Å². The van der Waals surface area contributed by atoms with Crippen LogP contribution in [0.3, 0.4) is 0 Å². The third-order valence-corrected chi connectivity index (χ3v) is 4.31. The highest BCUT2D eigenvalue weighted by Crippen LogP contribution is 2.23. The molecule has 0 aromatic rings. The average molecular weight is 226 g/mol. The number of aliphatic hydroxyl groups is 1. The van der Waals surface area contributed by atoms with E-state index in [1.165, 1.54) is 38.5 Å². The number of hydrogen-bond acceptors (Lipinski definition) is 3. The lowest BCUT2D eigenvalue weighted by atomic mass is 9.85. The van der Waals surface area contributed by atoms with Gasteiger partial charge in [-0.25, -0.2) is 0 Å². The third-order valence-electron chi connectivity index (χ3n) is 4.31. The summed E-state index contributed by atoms with van der Waals surface area (Å²) < 4.78 is 0. The molecule has 1 aliphatic heterocycles. The van der Waals surface area contributed by atoms with Crippen LogP contribution in [0.25, 0.3) is 0 Å². The van der Waals surface area contributed by atoms with E-state index in [1.807, 2.05) is 0 Å². The van der Waals surface area contributed by atoms with Crippen molar-refractivity contribution in [3.63, 3.8) is 0 Å². The van der Waals surface area contributed by atoms with Gasteiger partial charge in [0.2, 0.25) is 0 Å². The summed E-state index contributed by atoms with van der Waals surface area (Å²) in [5, 5.41) is 16.5. The van der Waals surface area contributed by atoms with Gasteiger partial charge in [0.05, 0.1) is 0 Å². The lowest BCUT2D eigenvalue weighted by Gasteiger charge is -2.30. The molecule has 3 heteroatoms. The van der Waals surface area contributed by atoms with Crippen LogP contribution in [-0.4, -0.2) is 37.4 Å². The van der Waals surface area contributed by atoms with E-state index in [4.69, 9.17) is 0 Å². The van der Waals surface area contributed by atoms with Gasteiger partial charge in [0, 0.05) is 19.2 Å². The molecular formula is C13H26N2O. The van der Waals surface area contributed by atoms with Crippen molar-refractivity contribution in [3.8, 4) is 0 Å². The molecule has 2 rings (SSSR count). The van der Waals surface area contributed by atoms with Crippen molar-refractivity contribution in [2.45, 2.75) is 44.6 Å². The van der Waals surface area contributed by atoms with Crippen LogP contribution >= 0.6 is 0 Å². The second kappa shape index (κ2) is 6.58. The van der Waals surface area contributed by atoms with Crippen LogP contribution in [0.15, 0.2) is 0 Å². The maximum atomic E-state index is 9.49. The highest BCUT2D eigenvalue weighted by atomic mass is 16.3. The predicted molar refractivity (Wildman–Crippen MR) is 66.4 cm³/mol. The molecule has 1 saturated heterocycles. The standard InChI is InChI=1S/C13H26N2O/c16-10-12(11-5-7-14-8-6-11)9-15-13-3-1-2-4-13/h11-16H,1-10H2. The monoisotopic (exact) mass is 226 g/mol. The summed E-state index contributed by atoms with van der Waals surface area (Å²) >= 11 is 0. The zero-order valence-electron chi connectivity index (χ0n) is 10.3. The molecule has 1 atom stereocenters. The Morgan fingerprint density at radius 3 is 2.44 bits per heavy atom. The molecule has 1 heterocycles. The Kier molecular flexibility index (Phi) is 5.07. The van der Waals surface area contributed by atoms with E-state index in [1.54, 1.807) is 0 Å². The summed E-state index contributed by atoms with van der Waals surface area (Å²) in [6.07, 6.45) is 7.91. The number of nitrogens with one attached hydrogen (secondary N) is 2. The van der Waals surface area contributed by atoms with Gasteiger partial charge in [0.25, 0.3) is 0 Å². The van der Waals surface area contributed by atoms with Crippen LogP contribution in [0.2, 0.25) is 0 Å². The van der Waals surface area contributed by atoms with E-state index >= 15 is 0 Å².